The summed E-state index contributed by atoms with van der Waals surface area (Å²) in [7, 11) is 0. The summed E-state index contributed by atoms with van der Waals surface area (Å²) in [5.74, 6) is 0. The van der Waals surface area contributed by atoms with Crippen LogP contribution in [0, 0.1) is 0 Å². The van der Waals surface area contributed by atoms with Gasteiger partial charge in [-0.1, -0.05) is 57.1 Å². The summed E-state index contributed by atoms with van der Waals surface area (Å²) < 4.78 is 6.31. The van der Waals surface area contributed by atoms with E-state index in [0.717, 1.165) is 15.4 Å². The molecule has 1 N–H and O–H groups in total. The van der Waals surface area contributed by atoms with Gasteiger partial charge < -0.3 is 4.42 Å². The number of hydrogen-bond donors (Lipinski definition) is 1. The van der Waals surface area contributed by atoms with E-state index in [0.29, 0.717) is 26.2 Å². The maximum absolute atomic E-state index is 12.3. The molecule has 27 heavy (non-hydrogen) atoms. The van der Waals surface area contributed by atoms with E-state index in [1.807, 2.05) is 30.3 Å². The van der Waals surface area contributed by atoms with Crippen LogP contribution in [0.1, 0.15) is 5.56 Å². The molecule has 134 valence electrons. The van der Waals surface area contributed by atoms with E-state index in [2.05, 4.69) is 31.4 Å². The SMILES string of the molecule is O=c1oc2ccc(Br)cc2cc1-c1cnc(N/N=C/c2ccccc2Cl)s1. The van der Waals surface area contributed by atoms with Crippen LogP contribution in [0.5, 0.6) is 0 Å². The average molecular weight is 461 g/mol. The summed E-state index contributed by atoms with van der Waals surface area (Å²) >= 11 is 10.8. The van der Waals surface area contributed by atoms with Crippen LogP contribution in [-0.4, -0.2) is 11.2 Å². The van der Waals surface area contributed by atoms with Crippen molar-refractivity contribution in [3.05, 3.63) is 80.2 Å². The average Bonchev–Trinajstić information content (AvgIpc) is 3.12. The van der Waals surface area contributed by atoms with Gasteiger partial charge in [0.05, 0.1) is 16.7 Å². The number of nitrogens with zero attached hydrogens (tertiary/aromatic N) is 2. The lowest BCUT2D eigenvalue weighted by atomic mass is 10.2. The van der Waals surface area contributed by atoms with Crippen molar-refractivity contribution in [1.82, 2.24) is 4.98 Å². The molecule has 2 heterocycles. The Morgan fingerprint density at radius 2 is 2.07 bits per heavy atom. The Labute approximate surface area is 171 Å². The fourth-order valence-corrected chi connectivity index (χ4v) is 3.79. The van der Waals surface area contributed by atoms with Gasteiger partial charge in [0.2, 0.25) is 5.13 Å². The Hall–Kier alpha value is -2.48. The first-order valence-electron chi connectivity index (χ1n) is 7.83. The molecule has 0 radical (unpaired) electrons. The fourth-order valence-electron chi connectivity index (χ4n) is 2.45. The molecular formula is C19H11BrClN3O2S. The number of aromatic nitrogens is 1. The van der Waals surface area contributed by atoms with Crippen molar-refractivity contribution in [1.29, 1.82) is 0 Å². The minimum Gasteiger partial charge on any atom is -0.422 e. The van der Waals surface area contributed by atoms with Crippen LogP contribution < -0.4 is 11.1 Å². The van der Waals surface area contributed by atoms with Crippen molar-refractivity contribution in [3.8, 4) is 10.4 Å². The second kappa shape index (κ2) is 7.64. The standard InChI is InChI=1S/C19H11BrClN3O2S/c20-13-5-6-16-12(7-13)8-14(18(25)26-16)17-10-22-19(27-17)24-23-9-11-3-1-2-4-15(11)21/h1-10H,(H,22,24)/b23-9+. The molecule has 0 atom stereocenters. The molecule has 8 heteroatoms. The third kappa shape index (κ3) is 3.95. The molecule has 0 amide bonds. The van der Waals surface area contributed by atoms with Crippen LogP contribution >= 0.6 is 38.9 Å². The van der Waals surface area contributed by atoms with Gasteiger partial charge in [-0.15, -0.1) is 0 Å². The Bertz CT molecular complexity index is 1220. The van der Waals surface area contributed by atoms with Gasteiger partial charge in [-0.3, -0.25) is 5.43 Å². The third-order valence-corrected chi connectivity index (χ3v) is 5.51. The molecule has 0 saturated heterocycles. The second-order valence-electron chi connectivity index (χ2n) is 5.55. The first-order chi connectivity index (χ1) is 13.1. The normalized spacial score (nSPS) is 11.3. The smallest absolute Gasteiger partial charge is 0.345 e. The summed E-state index contributed by atoms with van der Waals surface area (Å²) in [6, 6.07) is 14.7. The largest absolute Gasteiger partial charge is 0.422 e. The van der Waals surface area contributed by atoms with Crippen LogP contribution in [0.3, 0.4) is 0 Å². The molecule has 0 unspecified atom stereocenters. The topological polar surface area (TPSA) is 67.5 Å². The monoisotopic (exact) mass is 459 g/mol. The van der Waals surface area contributed by atoms with Crippen molar-refractivity contribution in [3.63, 3.8) is 0 Å². The van der Waals surface area contributed by atoms with Crippen LogP contribution in [0.15, 0.2) is 73.5 Å². The van der Waals surface area contributed by atoms with Crippen LogP contribution in [0.25, 0.3) is 21.4 Å². The van der Waals surface area contributed by atoms with Crippen molar-refractivity contribution in [2.45, 2.75) is 0 Å². The summed E-state index contributed by atoms with van der Waals surface area (Å²) in [6.45, 7) is 0. The number of anilines is 1. The Morgan fingerprint density at radius 3 is 2.93 bits per heavy atom. The predicted molar refractivity (Wildman–Crippen MR) is 114 cm³/mol. The highest BCUT2D eigenvalue weighted by Crippen LogP contribution is 2.29. The quantitative estimate of drug-likeness (QED) is 0.238. The van der Waals surface area contributed by atoms with Crippen LogP contribution in [0.2, 0.25) is 5.02 Å². The molecule has 4 aromatic rings. The van der Waals surface area contributed by atoms with E-state index in [-0.39, 0.29) is 0 Å². The number of hydrazone groups is 1. The van der Waals surface area contributed by atoms with Gasteiger partial charge in [0, 0.05) is 26.6 Å². The van der Waals surface area contributed by atoms with Gasteiger partial charge in [-0.2, -0.15) is 5.10 Å². The van der Waals surface area contributed by atoms with Gasteiger partial charge in [0.25, 0.3) is 0 Å². The van der Waals surface area contributed by atoms with Gasteiger partial charge >= 0.3 is 5.63 Å². The Kier molecular flexibility index (Phi) is 5.07. The molecule has 5 nitrogen and oxygen atoms in total. The van der Waals surface area contributed by atoms with Crippen molar-refractivity contribution in [2.75, 3.05) is 5.43 Å². The van der Waals surface area contributed by atoms with E-state index in [4.69, 9.17) is 16.0 Å². The first-order valence-corrected chi connectivity index (χ1v) is 9.82. The van der Waals surface area contributed by atoms with E-state index >= 15 is 0 Å². The first kappa shape index (κ1) is 17.9. The molecule has 0 aliphatic carbocycles. The number of fused-ring (bicyclic) bond motifs is 1. The van der Waals surface area contributed by atoms with Crippen molar-refractivity contribution in [2.24, 2.45) is 5.10 Å². The molecule has 0 bridgehead atoms. The molecule has 0 spiro atoms. The van der Waals surface area contributed by atoms with Gasteiger partial charge in [-0.25, -0.2) is 9.78 Å². The third-order valence-electron chi connectivity index (χ3n) is 3.73. The van der Waals surface area contributed by atoms with E-state index in [1.54, 1.807) is 30.6 Å². The fraction of sp³-hybridized carbons (Fsp3) is 0. The Morgan fingerprint density at radius 1 is 1.22 bits per heavy atom. The van der Waals surface area contributed by atoms with Crippen molar-refractivity contribution >= 4 is 61.2 Å². The maximum atomic E-state index is 12.3. The highest BCUT2D eigenvalue weighted by molar-refractivity contribution is 9.10. The van der Waals surface area contributed by atoms with E-state index < -0.39 is 5.63 Å². The number of halogens is 2. The van der Waals surface area contributed by atoms with Crippen LogP contribution in [-0.2, 0) is 0 Å². The summed E-state index contributed by atoms with van der Waals surface area (Å²) in [6.07, 6.45) is 3.24. The molecule has 4 rings (SSSR count). The molecule has 0 aliphatic heterocycles. The molecule has 2 aromatic heterocycles. The summed E-state index contributed by atoms with van der Waals surface area (Å²) in [4.78, 5) is 17.3. The Balaban J connectivity index is 1.59. The van der Waals surface area contributed by atoms with Gasteiger partial charge in [0.15, 0.2) is 0 Å². The molecule has 2 aromatic carbocycles. The molecule has 0 saturated carbocycles. The van der Waals surface area contributed by atoms with E-state index in [9.17, 15) is 4.79 Å². The number of hydrogen-bond acceptors (Lipinski definition) is 6. The minimum atomic E-state index is -0.403. The maximum Gasteiger partial charge on any atom is 0.345 e. The minimum absolute atomic E-state index is 0.403. The lowest BCUT2D eigenvalue weighted by molar-refractivity contribution is 0.563. The number of thiazole rings is 1. The molecule has 0 fully saturated rings. The summed E-state index contributed by atoms with van der Waals surface area (Å²) in [5.41, 5.74) is 4.25. The number of rotatable bonds is 4. The van der Waals surface area contributed by atoms with Gasteiger partial charge in [0.1, 0.15) is 5.58 Å². The number of benzene rings is 2. The zero-order chi connectivity index (χ0) is 18.8. The van der Waals surface area contributed by atoms with E-state index in [1.165, 1.54) is 11.3 Å². The number of nitrogens with one attached hydrogen (secondary N) is 1. The zero-order valence-electron chi connectivity index (χ0n) is 13.6. The van der Waals surface area contributed by atoms with Crippen molar-refractivity contribution < 1.29 is 4.42 Å². The second-order valence-corrected chi connectivity index (χ2v) is 7.90. The molecular weight excluding hydrogens is 450 g/mol. The zero-order valence-corrected chi connectivity index (χ0v) is 16.8. The van der Waals surface area contributed by atoms with Crippen LogP contribution in [0.4, 0.5) is 5.13 Å². The predicted octanol–water partition coefficient (Wildman–Crippen LogP) is 5.78. The highest BCUT2D eigenvalue weighted by Gasteiger charge is 2.11. The van der Waals surface area contributed by atoms with Gasteiger partial charge in [-0.05, 0) is 30.3 Å². The highest BCUT2D eigenvalue weighted by atomic mass is 79.9. The summed E-state index contributed by atoms with van der Waals surface area (Å²) in [5, 5.41) is 6.15. The lowest BCUT2D eigenvalue weighted by Gasteiger charge is -2.00. The molecule has 0 aliphatic rings. The lowest BCUT2D eigenvalue weighted by Crippen LogP contribution is -2.01.